The summed E-state index contributed by atoms with van der Waals surface area (Å²) in [7, 11) is 0. The number of halogens is 5. The number of nitrogens with zero attached hydrogens (tertiary/aromatic N) is 4. The summed E-state index contributed by atoms with van der Waals surface area (Å²) < 4.78 is 41.6. The molecule has 6 nitrogen and oxygen atoms in total. The molecular weight excluding hydrogens is 416 g/mol. The number of imidazole rings is 1. The minimum atomic E-state index is -4.57. The smallest absolute Gasteiger partial charge is 0.369 e. The molecule has 0 aliphatic carbocycles. The molecule has 3 rings (SSSR count). The van der Waals surface area contributed by atoms with E-state index in [-0.39, 0.29) is 11.8 Å². The molecule has 0 fully saturated rings. The van der Waals surface area contributed by atoms with Crippen molar-refractivity contribution in [1.82, 2.24) is 19.5 Å². The van der Waals surface area contributed by atoms with Crippen molar-refractivity contribution in [1.29, 1.82) is 0 Å². The van der Waals surface area contributed by atoms with E-state index in [1.54, 1.807) is 30.9 Å². The van der Waals surface area contributed by atoms with E-state index in [0.29, 0.717) is 35.2 Å². The lowest BCUT2D eigenvalue weighted by Gasteiger charge is -2.15. The highest BCUT2D eigenvalue weighted by Crippen LogP contribution is 2.34. The van der Waals surface area contributed by atoms with E-state index >= 15 is 0 Å². The predicted octanol–water partition coefficient (Wildman–Crippen LogP) is 5.24. The van der Waals surface area contributed by atoms with Gasteiger partial charge in [-0.15, -0.1) is 0 Å². The van der Waals surface area contributed by atoms with Gasteiger partial charge >= 0.3 is 6.18 Å². The molecule has 0 aliphatic rings. The fraction of sp³-hybridized carbons (Fsp3) is 0.235. The number of aryl methyl sites for hydroxylation is 1. The maximum absolute atomic E-state index is 13.3. The van der Waals surface area contributed by atoms with Crippen molar-refractivity contribution in [2.75, 3.05) is 17.2 Å². The molecule has 2 aromatic heterocycles. The van der Waals surface area contributed by atoms with Crippen LogP contribution in [0.3, 0.4) is 0 Å². The standard InChI is InChI=1S/C17H15Cl2F3N6/c18-13-3-2-11(8-14(13)19)26-16-25-9-12(17(20,21)22)15(27-16)24-4-1-6-28-7-5-23-10-28/h2-3,5,7-10H,1,4,6H2,(H2,24,25,26,27). The molecule has 148 valence electrons. The van der Waals surface area contributed by atoms with Gasteiger partial charge in [0.1, 0.15) is 11.4 Å². The Kier molecular flexibility index (Phi) is 6.25. The zero-order valence-corrected chi connectivity index (χ0v) is 15.9. The van der Waals surface area contributed by atoms with Gasteiger partial charge in [-0.25, -0.2) is 9.97 Å². The molecule has 11 heteroatoms. The van der Waals surface area contributed by atoms with Crippen LogP contribution in [0.5, 0.6) is 0 Å². The van der Waals surface area contributed by atoms with Gasteiger partial charge in [-0.3, -0.25) is 0 Å². The Labute approximate surface area is 168 Å². The Morgan fingerprint density at radius 3 is 2.64 bits per heavy atom. The fourth-order valence-corrected chi connectivity index (χ4v) is 2.67. The topological polar surface area (TPSA) is 67.7 Å². The molecular formula is C17H15Cl2F3N6. The first kappa shape index (κ1) is 20.2. The van der Waals surface area contributed by atoms with Gasteiger partial charge in [-0.1, -0.05) is 23.2 Å². The normalized spacial score (nSPS) is 11.5. The number of alkyl halides is 3. The number of hydrogen-bond donors (Lipinski definition) is 2. The monoisotopic (exact) mass is 430 g/mol. The fourth-order valence-electron chi connectivity index (χ4n) is 2.37. The van der Waals surface area contributed by atoms with E-state index < -0.39 is 11.7 Å². The summed E-state index contributed by atoms with van der Waals surface area (Å²) in [4.78, 5) is 11.6. The summed E-state index contributed by atoms with van der Waals surface area (Å²) in [5.74, 6) is -0.292. The number of aromatic nitrogens is 4. The molecule has 3 aromatic rings. The van der Waals surface area contributed by atoms with E-state index in [9.17, 15) is 13.2 Å². The molecule has 1 aromatic carbocycles. The zero-order chi connectivity index (χ0) is 20.1. The van der Waals surface area contributed by atoms with Crippen LogP contribution in [0, 0.1) is 0 Å². The second kappa shape index (κ2) is 8.66. The number of anilines is 3. The van der Waals surface area contributed by atoms with Crippen LogP contribution in [0.15, 0.2) is 43.1 Å². The van der Waals surface area contributed by atoms with E-state index in [0.717, 1.165) is 6.20 Å². The van der Waals surface area contributed by atoms with E-state index in [1.807, 2.05) is 4.57 Å². The van der Waals surface area contributed by atoms with Gasteiger partial charge in [0.05, 0.1) is 16.4 Å². The third-order valence-electron chi connectivity index (χ3n) is 3.71. The van der Waals surface area contributed by atoms with Crippen molar-refractivity contribution in [2.24, 2.45) is 0 Å². The number of benzene rings is 1. The van der Waals surface area contributed by atoms with Crippen molar-refractivity contribution < 1.29 is 13.2 Å². The van der Waals surface area contributed by atoms with Gasteiger partial charge < -0.3 is 15.2 Å². The van der Waals surface area contributed by atoms with Gasteiger partial charge in [0.2, 0.25) is 5.95 Å². The first-order valence-electron chi connectivity index (χ1n) is 8.19. The lowest BCUT2D eigenvalue weighted by atomic mass is 10.3. The SMILES string of the molecule is FC(F)(F)c1cnc(Nc2ccc(Cl)c(Cl)c2)nc1NCCCn1ccnc1. The van der Waals surface area contributed by atoms with Crippen LogP contribution in [0.25, 0.3) is 0 Å². The van der Waals surface area contributed by atoms with Gasteiger partial charge in [0.15, 0.2) is 0 Å². The largest absolute Gasteiger partial charge is 0.421 e. The highest BCUT2D eigenvalue weighted by Gasteiger charge is 2.35. The third kappa shape index (κ3) is 5.26. The zero-order valence-electron chi connectivity index (χ0n) is 14.3. The molecule has 0 saturated heterocycles. The summed E-state index contributed by atoms with van der Waals surface area (Å²) in [6.45, 7) is 0.915. The second-order valence-corrected chi connectivity index (χ2v) is 6.60. The van der Waals surface area contributed by atoms with Crippen LogP contribution < -0.4 is 10.6 Å². The summed E-state index contributed by atoms with van der Waals surface area (Å²) >= 11 is 11.8. The van der Waals surface area contributed by atoms with Crippen LogP contribution >= 0.6 is 23.2 Å². The molecule has 0 saturated carbocycles. The molecule has 0 atom stereocenters. The van der Waals surface area contributed by atoms with E-state index in [2.05, 4.69) is 25.6 Å². The maximum Gasteiger partial charge on any atom is 0.421 e. The van der Waals surface area contributed by atoms with Gasteiger partial charge in [0.25, 0.3) is 0 Å². The van der Waals surface area contributed by atoms with Gasteiger partial charge in [0, 0.05) is 37.4 Å². The Hall–Kier alpha value is -2.52. The number of rotatable bonds is 7. The third-order valence-corrected chi connectivity index (χ3v) is 4.45. The quantitative estimate of drug-likeness (QED) is 0.501. The summed E-state index contributed by atoms with van der Waals surface area (Å²) in [5, 5.41) is 6.22. The molecule has 0 aliphatic heterocycles. The first-order valence-corrected chi connectivity index (χ1v) is 8.94. The average Bonchev–Trinajstić information content (AvgIpc) is 3.14. The minimum Gasteiger partial charge on any atom is -0.369 e. The lowest BCUT2D eigenvalue weighted by molar-refractivity contribution is -0.137. The highest BCUT2D eigenvalue weighted by atomic mass is 35.5. The highest BCUT2D eigenvalue weighted by molar-refractivity contribution is 6.42. The molecule has 28 heavy (non-hydrogen) atoms. The molecule has 0 unspecified atom stereocenters. The predicted molar refractivity (Wildman–Crippen MR) is 102 cm³/mol. The molecule has 0 radical (unpaired) electrons. The van der Waals surface area contributed by atoms with E-state index in [1.165, 1.54) is 6.07 Å². The molecule has 0 spiro atoms. The second-order valence-electron chi connectivity index (χ2n) is 5.79. The van der Waals surface area contributed by atoms with Crippen LogP contribution in [-0.2, 0) is 12.7 Å². The van der Waals surface area contributed by atoms with Crippen molar-refractivity contribution in [2.45, 2.75) is 19.1 Å². The van der Waals surface area contributed by atoms with E-state index in [4.69, 9.17) is 23.2 Å². The van der Waals surface area contributed by atoms with Crippen LogP contribution in [-0.4, -0.2) is 26.1 Å². The van der Waals surface area contributed by atoms with Gasteiger partial charge in [-0.05, 0) is 24.6 Å². The van der Waals surface area contributed by atoms with Gasteiger partial charge in [-0.2, -0.15) is 18.2 Å². The van der Waals surface area contributed by atoms with Crippen molar-refractivity contribution in [3.63, 3.8) is 0 Å². The Balaban J connectivity index is 1.73. The molecule has 2 heterocycles. The number of hydrogen-bond acceptors (Lipinski definition) is 5. The molecule has 0 amide bonds. The van der Waals surface area contributed by atoms with Crippen LogP contribution in [0.1, 0.15) is 12.0 Å². The molecule has 2 N–H and O–H groups in total. The van der Waals surface area contributed by atoms with Crippen molar-refractivity contribution in [3.8, 4) is 0 Å². The number of nitrogens with one attached hydrogen (secondary N) is 2. The maximum atomic E-state index is 13.3. The van der Waals surface area contributed by atoms with Crippen molar-refractivity contribution >= 4 is 40.7 Å². The van der Waals surface area contributed by atoms with Crippen LogP contribution in [0.4, 0.5) is 30.6 Å². The Bertz CT molecular complexity index is 931. The summed E-state index contributed by atoms with van der Waals surface area (Å²) in [5.41, 5.74) is -0.435. The van der Waals surface area contributed by atoms with Crippen molar-refractivity contribution in [3.05, 3.63) is 58.7 Å². The first-order chi connectivity index (χ1) is 13.3. The lowest BCUT2D eigenvalue weighted by Crippen LogP contribution is -2.15. The average molecular weight is 431 g/mol. The summed E-state index contributed by atoms with van der Waals surface area (Å²) in [6.07, 6.45) is 1.82. The van der Waals surface area contributed by atoms with Crippen LogP contribution in [0.2, 0.25) is 10.0 Å². The Morgan fingerprint density at radius 2 is 1.96 bits per heavy atom. The summed E-state index contributed by atoms with van der Waals surface area (Å²) in [6, 6.07) is 4.71. The molecule has 0 bridgehead atoms. The Morgan fingerprint density at radius 1 is 1.14 bits per heavy atom. The minimum absolute atomic E-state index is 0.00324.